The average Bonchev–Trinajstić information content (AvgIpc) is 3.40. The monoisotopic (exact) mass is 445 g/mol. The molecule has 0 spiro atoms. The van der Waals surface area contributed by atoms with E-state index in [-0.39, 0.29) is 11.3 Å². The van der Waals surface area contributed by atoms with Gasteiger partial charge < -0.3 is 14.3 Å². The van der Waals surface area contributed by atoms with E-state index in [1.807, 2.05) is 45.9 Å². The maximum atomic E-state index is 13.2. The van der Waals surface area contributed by atoms with Crippen LogP contribution in [0.25, 0.3) is 5.76 Å². The Hall–Kier alpha value is -3.80. The second-order valence-electron chi connectivity index (χ2n) is 8.71. The Balaban J connectivity index is 1.85. The van der Waals surface area contributed by atoms with E-state index in [0.29, 0.717) is 35.3 Å². The molecular formula is C27H27NO5. The minimum Gasteiger partial charge on any atom is -0.507 e. The topological polar surface area (TPSA) is 80.0 Å². The van der Waals surface area contributed by atoms with Gasteiger partial charge in [0.2, 0.25) is 0 Å². The fraction of sp³-hybridized carbons (Fsp3) is 0.259. The molecule has 0 bridgehead atoms. The van der Waals surface area contributed by atoms with Gasteiger partial charge in [0, 0.05) is 11.3 Å². The van der Waals surface area contributed by atoms with Crippen molar-refractivity contribution < 1.29 is 23.8 Å². The number of ketones is 1. The lowest BCUT2D eigenvalue weighted by atomic mass is 9.98. The molecule has 0 aliphatic carbocycles. The second-order valence-corrected chi connectivity index (χ2v) is 8.71. The third-order valence-corrected chi connectivity index (χ3v) is 5.56. The highest BCUT2D eigenvalue weighted by atomic mass is 16.5. The van der Waals surface area contributed by atoms with Crippen LogP contribution >= 0.6 is 0 Å². The number of hydrogen-bond donors (Lipinski definition) is 1. The normalized spacial score (nSPS) is 17.7. The van der Waals surface area contributed by atoms with Crippen molar-refractivity contribution in [2.24, 2.45) is 5.92 Å². The number of aryl methyl sites for hydroxylation is 2. The van der Waals surface area contributed by atoms with Gasteiger partial charge in [-0.25, -0.2) is 0 Å². The summed E-state index contributed by atoms with van der Waals surface area (Å²) in [5.41, 5.74) is 2.86. The van der Waals surface area contributed by atoms with Crippen molar-refractivity contribution in [2.75, 3.05) is 11.5 Å². The number of carbonyl (C=O) groups excluding carboxylic acids is 2. The van der Waals surface area contributed by atoms with Gasteiger partial charge in [-0.1, -0.05) is 43.7 Å². The highest BCUT2D eigenvalue weighted by molar-refractivity contribution is 6.51. The summed E-state index contributed by atoms with van der Waals surface area (Å²) in [5, 5.41) is 11.2. The Bertz CT molecular complexity index is 1220. The molecule has 1 saturated heterocycles. The second kappa shape index (κ2) is 8.98. The van der Waals surface area contributed by atoms with Crippen LogP contribution in [0.3, 0.4) is 0 Å². The van der Waals surface area contributed by atoms with Crippen LogP contribution < -0.4 is 9.64 Å². The molecule has 6 heteroatoms. The number of nitrogens with zero attached hydrogens (tertiary/aromatic N) is 1. The summed E-state index contributed by atoms with van der Waals surface area (Å²) in [6.07, 6.45) is 1.48. The summed E-state index contributed by atoms with van der Waals surface area (Å²) >= 11 is 0. The fourth-order valence-electron chi connectivity index (χ4n) is 4.02. The molecule has 0 saturated carbocycles. The van der Waals surface area contributed by atoms with E-state index in [1.165, 1.54) is 11.2 Å². The first kappa shape index (κ1) is 22.4. The Labute approximate surface area is 193 Å². The van der Waals surface area contributed by atoms with Crippen LogP contribution in [0.2, 0.25) is 0 Å². The van der Waals surface area contributed by atoms with Crippen LogP contribution in [0.5, 0.6) is 5.75 Å². The zero-order valence-electron chi connectivity index (χ0n) is 19.2. The van der Waals surface area contributed by atoms with Gasteiger partial charge >= 0.3 is 0 Å². The van der Waals surface area contributed by atoms with Crippen LogP contribution in [0, 0.1) is 19.8 Å². The van der Waals surface area contributed by atoms with Gasteiger partial charge in [-0.15, -0.1) is 0 Å². The number of benzene rings is 2. The van der Waals surface area contributed by atoms with Crippen molar-refractivity contribution in [1.82, 2.24) is 0 Å². The summed E-state index contributed by atoms with van der Waals surface area (Å²) in [4.78, 5) is 27.8. The summed E-state index contributed by atoms with van der Waals surface area (Å²) in [6.45, 7) is 8.46. The Kier molecular flexibility index (Phi) is 6.09. The van der Waals surface area contributed by atoms with Crippen LogP contribution in [0.15, 0.2) is 70.9 Å². The Morgan fingerprint density at radius 2 is 1.88 bits per heavy atom. The molecule has 6 nitrogen and oxygen atoms in total. The number of Topliss-reactive ketones (excluding diaryl/α,β-unsaturated/α-hetero) is 1. The first-order chi connectivity index (χ1) is 15.8. The maximum Gasteiger partial charge on any atom is 0.300 e. The fourth-order valence-corrected chi connectivity index (χ4v) is 4.02. The van der Waals surface area contributed by atoms with E-state index >= 15 is 0 Å². The van der Waals surface area contributed by atoms with Crippen LogP contribution in [-0.2, 0) is 9.59 Å². The lowest BCUT2D eigenvalue weighted by molar-refractivity contribution is -0.132. The smallest absolute Gasteiger partial charge is 0.300 e. The highest BCUT2D eigenvalue weighted by Gasteiger charge is 2.48. The van der Waals surface area contributed by atoms with Crippen LogP contribution in [0.1, 0.15) is 42.3 Å². The summed E-state index contributed by atoms with van der Waals surface area (Å²) in [6, 6.07) is 15.0. The van der Waals surface area contributed by atoms with E-state index in [9.17, 15) is 14.7 Å². The third-order valence-electron chi connectivity index (χ3n) is 5.56. The number of carbonyl (C=O) groups is 2. The van der Waals surface area contributed by atoms with Crippen molar-refractivity contribution >= 4 is 23.1 Å². The van der Waals surface area contributed by atoms with Gasteiger partial charge in [-0.05, 0) is 55.7 Å². The van der Waals surface area contributed by atoms with E-state index in [4.69, 9.17) is 9.15 Å². The van der Waals surface area contributed by atoms with Crippen molar-refractivity contribution in [2.45, 2.75) is 33.7 Å². The molecule has 1 fully saturated rings. The van der Waals surface area contributed by atoms with Gasteiger partial charge in [0.1, 0.15) is 23.3 Å². The highest BCUT2D eigenvalue weighted by Crippen LogP contribution is 2.43. The molecule has 33 heavy (non-hydrogen) atoms. The molecule has 4 rings (SSSR count). The quantitative estimate of drug-likeness (QED) is 0.305. The predicted molar refractivity (Wildman–Crippen MR) is 126 cm³/mol. The zero-order chi connectivity index (χ0) is 23.7. The first-order valence-corrected chi connectivity index (χ1v) is 10.9. The number of furan rings is 1. The molecule has 1 N–H and O–H groups in total. The third kappa shape index (κ3) is 4.29. The largest absolute Gasteiger partial charge is 0.507 e. The summed E-state index contributed by atoms with van der Waals surface area (Å²) in [5.74, 6) is -0.436. The number of aliphatic hydroxyl groups excluding tert-OH is 1. The molecule has 1 amide bonds. The molecule has 2 heterocycles. The number of amides is 1. The Morgan fingerprint density at radius 1 is 1.09 bits per heavy atom. The molecule has 1 aliphatic heterocycles. The van der Waals surface area contributed by atoms with Crippen LogP contribution in [-0.4, -0.2) is 23.4 Å². The molecule has 1 aliphatic rings. The van der Waals surface area contributed by atoms with Gasteiger partial charge in [-0.3, -0.25) is 14.5 Å². The van der Waals surface area contributed by atoms with E-state index in [1.54, 1.807) is 36.4 Å². The molecule has 3 aromatic rings. The van der Waals surface area contributed by atoms with Gasteiger partial charge in [0.25, 0.3) is 11.7 Å². The van der Waals surface area contributed by atoms with Crippen LogP contribution in [0.4, 0.5) is 5.69 Å². The van der Waals surface area contributed by atoms with Crippen molar-refractivity contribution in [1.29, 1.82) is 0 Å². The number of anilines is 1. The average molecular weight is 446 g/mol. The van der Waals surface area contributed by atoms with Gasteiger partial charge in [0.15, 0.2) is 0 Å². The molecule has 170 valence electrons. The van der Waals surface area contributed by atoms with Crippen molar-refractivity contribution in [3.63, 3.8) is 0 Å². The number of rotatable bonds is 6. The molecule has 2 aromatic carbocycles. The predicted octanol–water partition coefficient (Wildman–Crippen LogP) is 5.56. The number of ether oxygens (including phenoxy) is 1. The molecule has 1 atom stereocenters. The summed E-state index contributed by atoms with van der Waals surface area (Å²) in [7, 11) is 0. The molecule has 1 aromatic heterocycles. The lowest BCUT2D eigenvalue weighted by Gasteiger charge is -2.25. The van der Waals surface area contributed by atoms with E-state index in [0.717, 1.165) is 11.1 Å². The number of aliphatic hydroxyl groups is 1. The maximum absolute atomic E-state index is 13.2. The molecular weight excluding hydrogens is 418 g/mol. The first-order valence-electron chi connectivity index (χ1n) is 10.9. The SMILES string of the molecule is Cc1ccc(N2C(=O)C(=O)/C(=C(\O)c3cccc(OCC(C)C)c3)C2c2ccco2)c(C)c1. The molecule has 1 unspecified atom stereocenters. The minimum absolute atomic E-state index is 0.0177. The summed E-state index contributed by atoms with van der Waals surface area (Å²) < 4.78 is 11.4. The lowest BCUT2D eigenvalue weighted by Crippen LogP contribution is -2.30. The minimum atomic E-state index is -0.887. The van der Waals surface area contributed by atoms with Gasteiger partial charge in [0.05, 0.1) is 18.4 Å². The number of hydrogen-bond acceptors (Lipinski definition) is 5. The zero-order valence-corrected chi connectivity index (χ0v) is 19.2. The standard InChI is InChI=1S/C27H27NO5/c1-16(2)15-33-20-8-5-7-19(14-20)25(29)23-24(22-9-6-12-32-22)28(27(31)26(23)30)21-11-10-17(3)13-18(21)4/h5-14,16,24,29H,15H2,1-4H3/b25-23-. The van der Waals surface area contributed by atoms with Crippen molar-refractivity contribution in [3.8, 4) is 5.75 Å². The van der Waals surface area contributed by atoms with E-state index < -0.39 is 17.7 Å². The molecule has 0 radical (unpaired) electrons. The van der Waals surface area contributed by atoms with Crippen molar-refractivity contribution in [3.05, 3.63) is 88.9 Å². The Morgan fingerprint density at radius 3 is 2.55 bits per heavy atom. The van der Waals surface area contributed by atoms with E-state index in [2.05, 4.69) is 0 Å². The van der Waals surface area contributed by atoms with Gasteiger partial charge in [-0.2, -0.15) is 0 Å².